The van der Waals surface area contributed by atoms with Crippen LogP contribution in [0.4, 0.5) is 22.4 Å². The summed E-state index contributed by atoms with van der Waals surface area (Å²) in [5.41, 5.74) is 0.0462. The summed E-state index contributed by atoms with van der Waals surface area (Å²) in [4.78, 5) is 23.9. The summed E-state index contributed by atoms with van der Waals surface area (Å²) >= 11 is 12.5. The van der Waals surface area contributed by atoms with E-state index in [0.29, 0.717) is 41.8 Å². The Morgan fingerprint density at radius 1 is 0.951 bits per heavy atom. The molecule has 0 radical (unpaired) electrons. The van der Waals surface area contributed by atoms with E-state index in [1.54, 1.807) is 12.1 Å². The number of likely N-dealkylation sites (tertiary alicyclic amines) is 1. The van der Waals surface area contributed by atoms with Crippen LogP contribution in [0.3, 0.4) is 0 Å². The molecule has 0 aliphatic carbocycles. The number of alkyl halides is 3. The summed E-state index contributed by atoms with van der Waals surface area (Å²) in [5.74, 6) is -1.42. The Morgan fingerprint density at radius 3 is 2.27 bits per heavy atom. The van der Waals surface area contributed by atoms with Gasteiger partial charge in [0.15, 0.2) is 0 Å². The molecule has 0 saturated carbocycles. The maximum absolute atomic E-state index is 14.3. The number of likely N-dealkylation sites (N-methyl/N-ethyl adjacent to an activating group) is 1. The highest BCUT2D eigenvalue weighted by atomic mass is 35.5. The topological polar surface area (TPSA) is 33.3 Å². The van der Waals surface area contributed by atoms with Gasteiger partial charge in [-0.05, 0) is 76.0 Å². The first-order chi connectivity index (χ1) is 19.3. The number of hydrogen-bond donors (Lipinski definition) is 0. The first-order valence-corrected chi connectivity index (χ1v) is 14.5. The van der Waals surface area contributed by atoms with E-state index >= 15 is 0 Å². The van der Waals surface area contributed by atoms with Crippen LogP contribution < -0.4 is 0 Å². The van der Waals surface area contributed by atoms with Crippen LogP contribution in [-0.2, 0) is 12.7 Å². The van der Waals surface area contributed by atoms with Crippen LogP contribution in [-0.4, -0.2) is 110 Å². The standard InChI is InChI=1S/C29H37Cl2F4N5O/c1-36(2)9-4-10-38-11-13-39(14-12-38)28(41)40-18-22(21-6-8-24(30)25(31)16-21)27(19-40)37(3)17-20-5-7-23(26(32)15-20)29(33,34)35/h5-8,15-16,22,27H,4,9-14,17-19H2,1-3H3. The van der Waals surface area contributed by atoms with Gasteiger partial charge in [-0.1, -0.05) is 35.3 Å². The van der Waals surface area contributed by atoms with E-state index in [-0.39, 0.29) is 24.5 Å². The van der Waals surface area contributed by atoms with Gasteiger partial charge >= 0.3 is 12.2 Å². The Morgan fingerprint density at radius 2 is 1.66 bits per heavy atom. The van der Waals surface area contributed by atoms with Crippen molar-refractivity contribution in [2.75, 3.05) is 73.5 Å². The highest BCUT2D eigenvalue weighted by Crippen LogP contribution is 2.36. The first kappa shape index (κ1) is 31.8. The van der Waals surface area contributed by atoms with Crippen LogP contribution in [0.1, 0.15) is 29.0 Å². The molecule has 2 aliphatic heterocycles. The van der Waals surface area contributed by atoms with Crippen LogP contribution in [0.5, 0.6) is 0 Å². The van der Waals surface area contributed by atoms with E-state index in [1.807, 2.05) is 27.8 Å². The van der Waals surface area contributed by atoms with E-state index in [1.165, 1.54) is 6.07 Å². The van der Waals surface area contributed by atoms with E-state index < -0.39 is 17.6 Å². The summed E-state index contributed by atoms with van der Waals surface area (Å²) in [5, 5.41) is 0.834. The number of carbonyl (C=O) groups excluding carboxylic acids is 1. The zero-order valence-corrected chi connectivity index (χ0v) is 25.1. The van der Waals surface area contributed by atoms with Crippen LogP contribution >= 0.6 is 23.2 Å². The van der Waals surface area contributed by atoms with Gasteiger partial charge in [0, 0.05) is 57.8 Å². The lowest BCUT2D eigenvalue weighted by molar-refractivity contribution is -0.140. The van der Waals surface area contributed by atoms with Crippen molar-refractivity contribution in [1.82, 2.24) is 24.5 Å². The number of piperazine rings is 1. The first-order valence-electron chi connectivity index (χ1n) is 13.7. The van der Waals surface area contributed by atoms with Crippen LogP contribution in [0.15, 0.2) is 36.4 Å². The normalized spacial score (nSPS) is 20.5. The van der Waals surface area contributed by atoms with Crippen molar-refractivity contribution in [3.63, 3.8) is 0 Å². The number of rotatable bonds is 8. The fourth-order valence-electron chi connectivity index (χ4n) is 5.73. The molecule has 2 fully saturated rings. The highest BCUT2D eigenvalue weighted by molar-refractivity contribution is 6.42. The smallest absolute Gasteiger partial charge is 0.322 e. The molecule has 4 rings (SSSR count). The number of carbonyl (C=O) groups is 1. The summed E-state index contributed by atoms with van der Waals surface area (Å²) in [6, 6.07) is 8.22. The van der Waals surface area contributed by atoms with E-state index in [9.17, 15) is 22.4 Å². The molecule has 226 valence electrons. The molecule has 2 amide bonds. The third-order valence-electron chi connectivity index (χ3n) is 7.99. The third-order valence-corrected chi connectivity index (χ3v) is 8.73. The Hall–Kier alpha value is -2.11. The molecule has 2 aromatic carbocycles. The lowest BCUT2D eigenvalue weighted by Gasteiger charge is -2.37. The van der Waals surface area contributed by atoms with Crippen molar-refractivity contribution in [3.8, 4) is 0 Å². The predicted octanol–water partition coefficient (Wildman–Crippen LogP) is 5.74. The van der Waals surface area contributed by atoms with Gasteiger partial charge in [0.05, 0.1) is 15.6 Å². The van der Waals surface area contributed by atoms with Gasteiger partial charge in [-0.2, -0.15) is 13.2 Å². The Bertz CT molecular complexity index is 1210. The monoisotopic (exact) mass is 617 g/mol. The Kier molecular flexibility index (Phi) is 10.4. The van der Waals surface area contributed by atoms with Gasteiger partial charge < -0.3 is 14.7 Å². The fraction of sp³-hybridized carbons (Fsp3) is 0.552. The molecule has 0 N–H and O–H groups in total. The molecule has 2 heterocycles. The molecule has 2 aromatic rings. The maximum atomic E-state index is 14.3. The van der Waals surface area contributed by atoms with E-state index in [0.717, 1.165) is 50.3 Å². The quantitative estimate of drug-likeness (QED) is 0.354. The van der Waals surface area contributed by atoms with Crippen LogP contribution in [0.25, 0.3) is 0 Å². The third kappa shape index (κ3) is 8.04. The average Bonchev–Trinajstić information content (AvgIpc) is 3.35. The number of amides is 2. The minimum Gasteiger partial charge on any atom is -0.322 e. The van der Waals surface area contributed by atoms with Gasteiger partial charge in [-0.15, -0.1) is 0 Å². The van der Waals surface area contributed by atoms with Crippen LogP contribution in [0, 0.1) is 5.82 Å². The minimum atomic E-state index is -4.75. The van der Waals surface area contributed by atoms with Gasteiger partial charge in [-0.25, -0.2) is 9.18 Å². The number of hydrogen-bond acceptors (Lipinski definition) is 4. The van der Waals surface area contributed by atoms with Crippen molar-refractivity contribution < 1.29 is 22.4 Å². The number of nitrogens with zero attached hydrogens (tertiary/aromatic N) is 5. The average molecular weight is 619 g/mol. The summed E-state index contributed by atoms with van der Waals surface area (Å²) < 4.78 is 53.4. The Labute approximate surface area is 249 Å². The Balaban J connectivity index is 1.46. The molecule has 2 atom stereocenters. The van der Waals surface area contributed by atoms with Gasteiger partial charge in [0.2, 0.25) is 0 Å². The molecule has 0 bridgehead atoms. The van der Waals surface area contributed by atoms with Gasteiger partial charge in [0.1, 0.15) is 5.82 Å². The van der Waals surface area contributed by atoms with Crippen molar-refractivity contribution in [2.45, 2.75) is 31.1 Å². The van der Waals surface area contributed by atoms with Crippen molar-refractivity contribution in [3.05, 3.63) is 69.0 Å². The van der Waals surface area contributed by atoms with E-state index in [2.05, 4.69) is 23.9 Å². The molecular weight excluding hydrogens is 581 g/mol. The zero-order valence-electron chi connectivity index (χ0n) is 23.6. The second kappa shape index (κ2) is 13.5. The molecule has 2 unspecified atom stereocenters. The highest BCUT2D eigenvalue weighted by Gasteiger charge is 2.40. The second-order valence-corrected chi connectivity index (χ2v) is 12.1. The zero-order chi connectivity index (χ0) is 29.9. The predicted molar refractivity (Wildman–Crippen MR) is 154 cm³/mol. The summed E-state index contributed by atoms with van der Waals surface area (Å²) in [6.07, 6.45) is -3.67. The molecule has 41 heavy (non-hydrogen) atoms. The minimum absolute atomic E-state index is 0.0283. The molecule has 12 heteroatoms. The SMILES string of the molecule is CN(C)CCCN1CCN(C(=O)N2CC(c3ccc(Cl)c(Cl)c3)C(N(C)Cc3ccc(C(F)(F)F)c(F)c3)C2)CC1. The molecule has 2 saturated heterocycles. The second-order valence-electron chi connectivity index (χ2n) is 11.2. The lowest BCUT2D eigenvalue weighted by Crippen LogP contribution is -2.53. The summed E-state index contributed by atoms with van der Waals surface area (Å²) in [7, 11) is 5.96. The molecule has 0 aromatic heterocycles. The number of urea groups is 1. The van der Waals surface area contributed by atoms with Crippen molar-refractivity contribution in [1.29, 1.82) is 0 Å². The van der Waals surface area contributed by atoms with Crippen molar-refractivity contribution in [2.24, 2.45) is 0 Å². The fourth-order valence-corrected chi connectivity index (χ4v) is 6.03. The molecule has 6 nitrogen and oxygen atoms in total. The number of halogens is 6. The van der Waals surface area contributed by atoms with E-state index in [4.69, 9.17) is 23.2 Å². The largest absolute Gasteiger partial charge is 0.419 e. The van der Waals surface area contributed by atoms with Crippen LogP contribution in [0.2, 0.25) is 10.0 Å². The van der Waals surface area contributed by atoms with Crippen molar-refractivity contribution >= 4 is 29.2 Å². The molecule has 0 spiro atoms. The number of benzene rings is 2. The van der Waals surface area contributed by atoms with Gasteiger partial charge in [-0.3, -0.25) is 9.80 Å². The van der Waals surface area contributed by atoms with Gasteiger partial charge in [0.25, 0.3) is 0 Å². The lowest BCUT2D eigenvalue weighted by atomic mass is 9.93. The maximum Gasteiger partial charge on any atom is 0.419 e. The summed E-state index contributed by atoms with van der Waals surface area (Å²) in [6.45, 7) is 6.07. The molecule has 2 aliphatic rings. The molecular formula is C29H37Cl2F4N5O.